The number of nitrogens with two attached hydrogens (primary N) is 1. The van der Waals surface area contributed by atoms with Crippen LogP contribution in [0.25, 0.3) is 0 Å². The monoisotopic (exact) mass is 138 g/mol. The van der Waals surface area contributed by atoms with Crippen LogP contribution in [0.1, 0.15) is 19.0 Å². The molecule has 0 fully saturated rings. The normalized spacial score (nSPS) is 13.4. The number of hydrogen-bond acceptors (Lipinski definition) is 1. The van der Waals surface area contributed by atoms with Gasteiger partial charge in [0.05, 0.1) is 0 Å². The Morgan fingerprint density at radius 3 is 3.00 bits per heavy atom. The maximum absolute atomic E-state index is 5.60. The zero-order valence-electron chi connectivity index (χ0n) is 6.30. The molecule has 2 nitrogen and oxygen atoms in total. The summed E-state index contributed by atoms with van der Waals surface area (Å²) in [5.74, 6) is 0. The average Bonchev–Trinajstić information content (AvgIpc) is 2.34. The highest BCUT2D eigenvalue weighted by atomic mass is 14.7. The van der Waals surface area contributed by atoms with E-state index in [0.29, 0.717) is 6.04 Å². The molecule has 0 bridgehead atoms. The molecule has 3 N–H and O–H groups in total. The lowest BCUT2D eigenvalue weighted by molar-refractivity contribution is 0.660. The Kier molecular flexibility index (Phi) is 2.51. The Bertz CT molecular complexity index is 165. The van der Waals surface area contributed by atoms with E-state index in [0.717, 1.165) is 12.8 Å². The van der Waals surface area contributed by atoms with Crippen LogP contribution >= 0.6 is 0 Å². The van der Waals surface area contributed by atoms with Gasteiger partial charge in [-0.25, -0.2) is 0 Å². The van der Waals surface area contributed by atoms with Crippen LogP contribution < -0.4 is 5.73 Å². The molecule has 1 rings (SSSR count). The Morgan fingerprint density at radius 2 is 2.50 bits per heavy atom. The first-order valence-electron chi connectivity index (χ1n) is 3.67. The number of H-pyrrole nitrogens is 1. The molecule has 0 aliphatic rings. The second-order valence-corrected chi connectivity index (χ2v) is 2.71. The first-order valence-corrected chi connectivity index (χ1v) is 3.67. The number of rotatable bonds is 3. The van der Waals surface area contributed by atoms with Gasteiger partial charge in [-0.2, -0.15) is 0 Å². The zero-order valence-corrected chi connectivity index (χ0v) is 6.30. The predicted octanol–water partition coefficient (Wildman–Crippen LogP) is 1.29. The molecule has 1 atom stereocenters. The Morgan fingerprint density at radius 1 is 1.70 bits per heavy atom. The van der Waals surface area contributed by atoms with Gasteiger partial charge in [-0.15, -0.1) is 0 Å². The molecule has 0 aromatic carbocycles. The fourth-order valence-corrected chi connectivity index (χ4v) is 0.906. The first-order chi connectivity index (χ1) is 4.79. The van der Waals surface area contributed by atoms with Crippen molar-refractivity contribution in [3.63, 3.8) is 0 Å². The predicted molar refractivity (Wildman–Crippen MR) is 42.8 cm³/mol. The molecule has 56 valence electrons. The van der Waals surface area contributed by atoms with Crippen LogP contribution in [0.5, 0.6) is 0 Å². The third-order valence-electron chi connectivity index (χ3n) is 1.53. The van der Waals surface area contributed by atoms with Gasteiger partial charge < -0.3 is 10.7 Å². The molecular weight excluding hydrogens is 124 g/mol. The average molecular weight is 138 g/mol. The van der Waals surface area contributed by atoms with E-state index in [-0.39, 0.29) is 0 Å². The van der Waals surface area contributed by atoms with E-state index < -0.39 is 0 Å². The van der Waals surface area contributed by atoms with Crippen LogP contribution in [0.15, 0.2) is 18.3 Å². The lowest BCUT2D eigenvalue weighted by Gasteiger charge is -2.01. The molecule has 0 radical (unpaired) electrons. The minimum atomic E-state index is 0.309. The van der Waals surface area contributed by atoms with E-state index in [9.17, 15) is 0 Å². The Hall–Kier alpha value is -0.760. The minimum Gasteiger partial charge on any atom is -0.365 e. The maximum Gasteiger partial charge on any atom is 0.0147 e. The minimum absolute atomic E-state index is 0.309. The molecule has 0 unspecified atom stereocenters. The van der Waals surface area contributed by atoms with E-state index in [1.807, 2.05) is 19.2 Å². The van der Waals surface area contributed by atoms with Crippen molar-refractivity contribution in [2.24, 2.45) is 5.73 Å². The largest absolute Gasteiger partial charge is 0.365 e. The number of aromatic amines is 1. The standard InChI is InChI=1S/C8H14N2/c1-7(9)4-5-8-3-2-6-10-8/h2-3,6-7,10H,4-5,9H2,1H3/t7-/m0/s1. The maximum atomic E-state index is 5.60. The van der Waals surface area contributed by atoms with Crippen LogP contribution in [-0.2, 0) is 6.42 Å². The summed E-state index contributed by atoms with van der Waals surface area (Å²) in [6.45, 7) is 2.03. The smallest absolute Gasteiger partial charge is 0.0147 e. The van der Waals surface area contributed by atoms with Gasteiger partial charge in [-0.05, 0) is 31.9 Å². The van der Waals surface area contributed by atoms with E-state index in [2.05, 4.69) is 11.1 Å². The number of nitrogens with one attached hydrogen (secondary N) is 1. The molecule has 0 spiro atoms. The number of aromatic nitrogens is 1. The molecule has 10 heavy (non-hydrogen) atoms. The van der Waals surface area contributed by atoms with Gasteiger partial charge in [-0.3, -0.25) is 0 Å². The van der Waals surface area contributed by atoms with Gasteiger partial charge in [0.1, 0.15) is 0 Å². The summed E-state index contributed by atoms with van der Waals surface area (Å²) < 4.78 is 0. The lowest BCUT2D eigenvalue weighted by atomic mass is 10.1. The van der Waals surface area contributed by atoms with Crippen molar-refractivity contribution >= 4 is 0 Å². The molecule has 1 aromatic heterocycles. The third kappa shape index (κ3) is 2.23. The molecule has 1 heterocycles. The number of hydrogen-bond donors (Lipinski definition) is 2. The van der Waals surface area contributed by atoms with Gasteiger partial charge in [0.15, 0.2) is 0 Å². The SMILES string of the molecule is C[C@H](N)CCc1ccc[nH]1. The van der Waals surface area contributed by atoms with Gasteiger partial charge in [0.2, 0.25) is 0 Å². The van der Waals surface area contributed by atoms with Crippen molar-refractivity contribution in [3.8, 4) is 0 Å². The molecule has 0 saturated heterocycles. The topological polar surface area (TPSA) is 41.8 Å². The fourth-order valence-electron chi connectivity index (χ4n) is 0.906. The Balaban J connectivity index is 2.28. The third-order valence-corrected chi connectivity index (χ3v) is 1.53. The van der Waals surface area contributed by atoms with Crippen molar-refractivity contribution in [3.05, 3.63) is 24.0 Å². The summed E-state index contributed by atoms with van der Waals surface area (Å²) in [4.78, 5) is 3.14. The van der Waals surface area contributed by atoms with Crippen LogP contribution in [0.4, 0.5) is 0 Å². The van der Waals surface area contributed by atoms with E-state index >= 15 is 0 Å². The second-order valence-electron chi connectivity index (χ2n) is 2.71. The number of aryl methyl sites for hydroxylation is 1. The summed E-state index contributed by atoms with van der Waals surface area (Å²) in [7, 11) is 0. The van der Waals surface area contributed by atoms with Gasteiger partial charge in [-0.1, -0.05) is 0 Å². The van der Waals surface area contributed by atoms with Crippen LogP contribution in [-0.4, -0.2) is 11.0 Å². The van der Waals surface area contributed by atoms with Crippen LogP contribution in [0.2, 0.25) is 0 Å². The van der Waals surface area contributed by atoms with Crippen molar-refractivity contribution in [1.82, 2.24) is 4.98 Å². The van der Waals surface area contributed by atoms with E-state index in [1.54, 1.807) is 0 Å². The van der Waals surface area contributed by atoms with Crippen molar-refractivity contribution < 1.29 is 0 Å². The van der Waals surface area contributed by atoms with Crippen molar-refractivity contribution in [1.29, 1.82) is 0 Å². The molecular formula is C8H14N2. The Labute approximate surface area is 61.4 Å². The highest BCUT2D eigenvalue weighted by molar-refractivity contribution is 5.03. The summed E-state index contributed by atoms with van der Waals surface area (Å²) in [5, 5.41) is 0. The zero-order chi connectivity index (χ0) is 7.40. The fraction of sp³-hybridized carbons (Fsp3) is 0.500. The highest BCUT2D eigenvalue weighted by Gasteiger charge is 1.95. The van der Waals surface area contributed by atoms with Crippen molar-refractivity contribution in [2.45, 2.75) is 25.8 Å². The van der Waals surface area contributed by atoms with Crippen LogP contribution in [0.3, 0.4) is 0 Å². The molecule has 0 amide bonds. The summed E-state index contributed by atoms with van der Waals surface area (Å²) in [6.07, 6.45) is 4.06. The van der Waals surface area contributed by atoms with Gasteiger partial charge in [0.25, 0.3) is 0 Å². The van der Waals surface area contributed by atoms with Crippen molar-refractivity contribution in [2.75, 3.05) is 0 Å². The molecule has 0 aliphatic heterocycles. The second kappa shape index (κ2) is 3.42. The lowest BCUT2D eigenvalue weighted by Crippen LogP contribution is -2.15. The molecule has 0 aliphatic carbocycles. The summed E-state index contributed by atoms with van der Waals surface area (Å²) >= 11 is 0. The summed E-state index contributed by atoms with van der Waals surface area (Å²) in [5.41, 5.74) is 6.87. The summed E-state index contributed by atoms with van der Waals surface area (Å²) in [6, 6.07) is 4.40. The quantitative estimate of drug-likeness (QED) is 0.649. The highest BCUT2D eigenvalue weighted by Crippen LogP contribution is 2.00. The van der Waals surface area contributed by atoms with Gasteiger partial charge in [0, 0.05) is 17.9 Å². The first kappa shape index (κ1) is 7.35. The van der Waals surface area contributed by atoms with Gasteiger partial charge >= 0.3 is 0 Å². The van der Waals surface area contributed by atoms with Crippen LogP contribution in [0, 0.1) is 0 Å². The van der Waals surface area contributed by atoms with E-state index in [4.69, 9.17) is 5.73 Å². The van der Waals surface area contributed by atoms with E-state index in [1.165, 1.54) is 5.69 Å². The molecule has 0 saturated carbocycles. The molecule has 2 heteroatoms. The molecule has 1 aromatic rings.